The predicted octanol–water partition coefficient (Wildman–Crippen LogP) is 1.20. The van der Waals surface area contributed by atoms with E-state index in [1.807, 2.05) is 0 Å². The van der Waals surface area contributed by atoms with Crippen molar-refractivity contribution in [3.05, 3.63) is 0 Å². The van der Waals surface area contributed by atoms with Gasteiger partial charge in [-0.05, 0) is 30.6 Å². The van der Waals surface area contributed by atoms with Gasteiger partial charge >= 0.3 is 58.4 Å². The second-order valence-electron chi connectivity index (χ2n) is 5.09. The van der Waals surface area contributed by atoms with E-state index < -0.39 is 13.3 Å². The Morgan fingerprint density at radius 1 is 1.07 bits per heavy atom. The van der Waals surface area contributed by atoms with Gasteiger partial charge in [0.05, 0.1) is 0 Å². The molecule has 1 spiro atoms. The van der Waals surface area contributed by atoms with E-state index in [-0.39, 0.29) is 51.4 Å². The molecular formula is C10H17BF3K. The zero-order valence-corrected chi connectivity index (χ0v) is 12.6. The van der Waals surface area contributed by atoms with Crippen LogP contribution in [-0.4, -0.2) is 6.98 Å². The summed E-state index contributed by atoms with van der Waals surface area (Å²) in [6, 6.07) is 0. The van der Waals surface area contributed by atoms with Crippen LogP contribution in [-0.2, 0) is 0 Å². The molecule has 0 amide bonds. The van der Waals surface area contributed by atoms with Gasteiger partial charge in [-0.3, -0.25) is 0 Å². The first-order chi connectivity index (χ1) is 6.52. The topological polar surface area (TPSA) is 0 Å². The normalized spacial score (nSPS) is 28.6. The summed E-state index contributed by atoms with van der Waals surface area (Å²) in [6.07, 6.45) is 6.93. The van der Waals surface area contributed by atoms with E-state index in [4.69, 9.17) is 0 Å². The zero-order valence-electron chi connectivity index (χ0n) is 9.45. The summed E-state index contributed by atoms with van der Waals surface area (Å²) in [5.41, 5.74) is 0.375. The van der Waals surface area contributed by atoms with E-state index >= 15 is 0 Å². The zero-order chi connectivity index (χ0) is 10.2. The van der Waals surface area contributed by atoms with Crippen molar-refractivity contribution in [2.24, 2.45) is 11.3 Å². The monoisotopic (exact) mass is 244 g/mol. The van der Waals surface area contributed by atoms with Gasteiger partial charge in [0.25, 0.3) is 0 Å². The van der Waals surface area contributed by atoms with Gasteiger partial charge in [0.2, 0.25) is 0 Å². The second kappa shape index (κ2) is 5.42. The fourth-order valence-corrected chi connectivity index (χ4v) is 3.04. The van der Waals surface area contributed by atoms with Gasteiger partial charge in [-0.2, -0.15) is 0 Å². The summed E-state index contributed by atoms with van der Waals surface area (Å²) in [5.74, 6) is 0.389. The molecule has 0 aliphatic heterocycles. The average molecular weight is 244 g/mol. The van der Waals surface area contributed by atoms with Crippen molar-refractivity contribution in [3.63, 3.8) is 0 Å². The van der Waals surface area contributed by atoms with Crippen LogP contribution in [0.25, 0.3) is 0 Å². The van der Waals surface area contributed by atoms with E-state index in [9.17, 15) is 12.9 Å². The first kappa shape index (κ1) is 14.6. The minimum atomic E-state index is -4.55. The molecule has 2 fully saturated rings. The summed E-state index contributed by atoms with van der Waals surface area (Å²) < 4.78 is 36.4. The Kier molecular flexibility index (Phi) is 5.26. The first-order valence-corrected chi connectivity index (χ1v) is 5.73. The van der Waals surface area contributed by atoms with Crippen molar-refractivity contribution >= 4 is 6.98 Å². The molecule has 2 rings (SSSR count). The third kappa shape index (κ3) is 4.02. The van der Waals surface area contributed by atoms with Crippen LogP contribution in [0.2, 0.25) is 6.32 Å². The molecule has 0 aromatic rings. The SMILES string of the molecule is F[B-](F)(F)CCC1CCCCC12CC2.[K+]. The Morgan fingerprint density at radius 3 is 2.27 bits per heavy atom. The third-order valence-electron chi connectivity index (χ3n) is 4.08. The van der Waals surface area contributed by atoms with E-state index in [0.29, 0.717) is 17.8 Å². The Balaban J connectivity index is 0.00000112. The summed E-state index contributed by atoms with van der Waals surface area (Å²) in [6.45, 7) is -4.55. The second-order valence-corrected chi connectivity index (χ2v) is 5.09. The Labute approximate surface area is 132 Å². The first-order valence-electron chi connectivity index (χ1n) is 5.73. The molecule has 0 aromatic carbocycles. The molecule has 2 aliphatic rings. The minimum Gasteiger partial charge on any atom is -0.449 e. The molecule has 5 heteroatoms. The molecule has 1 atom stereocenters. The summed E-state index contributed by atoms with van der Waals surface area (Å²) in [7, 11) is 0. The largest absolute Gasteiger partial charge is 1.00 e. The van der Waals surface area contributed by atoms with Gasteiger partial charge in [-0.15, -0.1) is 0 Å². The maximum absolute atomic E-state index is 12.1. The van der Waals surface area contributed by atoms with Crippen LogP contribution >= 0.6 is 0 Å². The van der Waals surface area contributed by atoms with E-state index in [0.717, 1.165) is 12.8 Å². The van der Waals surface area contributed by atoms with E-state index in [1.165, 1.54) is 25.7 Å². The number of hydrogen-bond acceptors (Lipinski definition) is 0. The molecule has 2 aliphatic carbocycles. The molecule has 1 unspecified atom stereocenters. The molecule has 0 N–H and O–H groups in total. The molecule has 0 aromatic heterocycles. The molecule has 82 valence electrons. The molecule has 0 nitrogen and oxygen atoms in total. The molecule has 0 heterocycles. The molecule has 15 heavy (non-hydrogen) atoms. The summed E-state index contributed by atoms with van der Waals surface area (Å²) in [5, 5.41) is 0. The number of rotatable bonds is 3. The fourth-order valence-electron chi connectivity index (χ4n) is 3.04. The maximum Gasteiger partial charge on any atom is 1.00 e. The molecular weight excluding hydrogens is 227 g/mol. The van der Waals surface area contributed by atoms with E-state index in [1.54, 1.807) is 0 Å². The van der Waals surface area contributed by atoms with Crippen LogP contribution in [0, 0.1) is 11.3 Å². The van der Waals surface area contributed by atoms with Crippen LogP contribution in [0.3, 0.4) is 0 Å². The van der Waals surface area contributed by atoms with Crippen LogP contribution in [0.15, 0.2) is 0 Å². The van der Waals surface area contributed by atoms with Crippen molar-refractivity contribution < 1.29 is 64.3 Å². The van der Waals surface area contributed by atoms with Crippen molar-refractivity contribution in [2.45, 2.75) is 51.3 Å². The smallest absolute Gasteiger partial charge is 0.449 e. The number of hydrogen-bond donors (Lipinski definition) is 0. The Morgan fingerprint density at radius 2 is 1.73 bits per heavy atom. The van der Waals surface area contributed by atoms with Crippen LogP contribution in [0.5, 0.6) is 0 Å². The average Bonchev–Trinajstić information content (AvgIpc) is 2.83. The standard InChI is InChI=1S/C10H17BF3.K/c12-11(13,14)8-4-9-3-1-2-5-10(9)6-7-10;/h9H,1-8H2;/q-1;+1. The van der Waals surface area contributed by atoms with Gasteiger partial charge < -0.3 is 12.9 Å². The predicted molar refractivity (Wildman–Crippen MR) is 52.1 cm³/mol. The molecule has 0 saturated heterocycles. The van der Waals surface area contributed by atoms with Gasteiger partial charge in [-0.25, -0.2) is 0 Å². The van der Waals surface area contributed by atoms with Crippen molar-refractivity contribution in [2.75, 3.05) is 0 Å². The third-order valence-corrected chi connectivity index (χ3v) is 4.08. The molecule has 0 bridgehead atoms. The van der Waals surface area contributed by atoms with Crippen LogP contribution in [0.4, 0.5) is 12.9 Å². The quantitative estimate of drug-likeness (QED) is 0.654. The maximum atomic E-state index is 12.1. The van der Waals surface area contributed by atoms with Gasteiger partial charge in [-0.1, -0.05) is 32.0 Å². The number of halogens is 3. The van der Waals surface area contributed by atoms with Gasteiger partial charge in [0.1, 0.15) is 0 Å². The Hall–Kier alpha value is 1.49. The summed E-state index contributed by atoms with van der Waals surface area (Å²) in [4.78, 5) is 0. The summed E-state index contributed by atoms with van der Waals surface area (Å²) >= 11 is 0. The van der Waals surface area contributed by atoms with Crippen molar-refractivity contribution in [3.8, 4) is 0 Å². The van der Waals surface area contributed by atoms with Crippen LogP contribution < -0.4 is 51.4 Å². The fraction of sp³-hybridized carbons (Fsp3) is 1.00. The molecule has 2 saturated carbocycles. The van der Waals surface area contributed by atoms with Gasteiger partial charge in [0, 0.05) is 0 Å². The van der Waals surface area contributed by atoms with E-state index in [2.05, 4.69) is 0 Å². The van der Waals surface area contributed by atoms with Gasteiger partial charge in [0.15, 0.2) is 0 Å². The Bertz CT molecular complexity index is 213. The minimum absolute atomic E-state index is 0. The van der Waals surface area contributed by atoms with Crippen molar-refractivity contribution in [1.82, 2.24) is 0 Å². The van der Waals surface area contributed by atoms with Crippen molar-refractivity contribution in [1.29, 1.82) is 0 Å². The van der Waals surface area contributed by atoms with Crippen LogP contribution in [0.1, 0.15) is 44.9 Å². The molecule has 0 radical (unpaired) electrons.